The van der Waals surface area contributed by atoms with Crippen molar-refractivity contribution in [1.29, 1.82) is 0 Å². The summed E-state index contributed by atoms with van der Waals surface area (Å²) in [6.45, 7) is 0.238. The van der Waals surface area contributed by atoms with Crippen LogP contribution >= 0.6 is 0 Å². The van der Waals surface area contributed by atoms with E-state index in [1.165, 1.54) is 0 Å². The molecule has 1 aliphatic heterocycles. The van der Waals surface area contributed by atoms with Gasteiger partial charge in [-0.2, -0.15) is 0 Å². The number of Topliss-reactive ketones (excluding diaryl/α,β-unsaturated/α-hetero) is 1. The normalized spacial score (nSPS) is 13.7. The molecule has 0 aliphatic carbocycles. The van der Waals surface area contributed by atoms with Crippen molar-refractivity contribution < 1.29 is 4.79 Å². The Labute approximate surface area is 118 Å². The number of benzene rings is 2. The number of fused-ring (bicyclic) bond motifs is 1. The Hall–Kier alpha value is -2.42. The zero-order valence-electron chi connectivity index (χ0n) is 11.6. The van der Waals surface area contributed by atoms with Crippen LogP contribution in [0.1, 0.15) is 21.5 Å². The first-order valence-corrected chi connectivity index (χ1v) is 6.61. The standard InChI is InChI=1S/C17H16N2O/c1-19(2)13-9-7-12(8-10-13)17-15-6-4-3-5-14(15)16(20)11-18-17/h3-10H,11H2,1-2H3. The van der Waals surface area contributed by atoms with Crippen molar-refractivity contribution >= 4 is 17.2 Å². The Morgan fingerprint density at radius 3 is 2.25 bits per heavy atom. The first kappa shape index (κ1) is 12.6. The maximum Gasteiger partial charge on any atom is 0.184 e. The first-order chi connectivity index (χ1) is 9.66. The fraction of sp³-hybridized carbons (Fsp3) is 0.176. The summed E-state index contributed by atoms with van der Waals surface area (Å²) < 4.78 is 0. The highest BCUT2D eigenvalue weighted by molar-refractivity contribution is 6.21. The predicted molar refractivity (Wildman–Crippen MR) is 82.0 cm³/mol. The first-order valence-electron chi connectivity index (χ1n) is 6.61. The van der Waals surface area contributed by atoms with Gasteiger partial charge in [-0.15, -0.1) is 0 Å². The van der Waals surface area contributed by atoms with Crippen molar-refractivity contribution in [2.24, 2.45) is 4.99 Å². The van der Waals surface area contributed by atoms with Crippen LogP contribution in [0, 0.1) is 0 Å². The van der Waals surface area contributed by atoms with Gasteiger partial charge in [-0.3, -0.25) is 9.79 Å². The van der Waals surface area contributed by atoms with Gasteiger partial charge in [-0.05, 0) is 12.1 Å². The smallest absolute Gasteiger partial charge is 0.184 e. The minimum Gasteiger partial charge on any atom is -0.378 e. The summed E-state index contributed by atoms with van der Waals surface area (Å²) >= 11 is 0. The molecule has 0 spiro atoms. The number of hydrogen-bond donors (Lipinski definition) is 0. The molecule has 3 heteroatoms. The molecule has 3 nitrogen and oxygen atoms in total. The zero-order chi connectivity index (χ0) is 14.1. The second-order valence-corrected chi connectivity index (χ2v) is 5.07. The van der Waals surface area contributed by atoms with Gasteiger partial charge < -0.3 is 4.90 Å². The minimum absolute atomic E-state index is 0.0919. The van der Waals surface area contributed by atoms with Crippen LogP contribution in [0.5, 0.6) is 0 Å². The highest BCUT2D eigenvalue weighted by Gasteiger charge is 2.20. The van der Waals surface area contributed by atoms with E-state index >= 15 is 0 Å². The van der Waals surface area contributed by atoms with Crippen LogP contribution in [0.15, 0.2) is 53.5 Å². The highest BCUT2D eigenvalue weighted by atomic mass is 16.1. The molecule has 1 heterocycles. The Kier molecular flexibility index (Phi) is 3.11. The molecule has 0 radical (unpaired) electrons. The maximum absolute atomic E-state index is 11.9. The topological polar surface area (TPSA) is 32.7 Å². The lowest BCUT2D eigenvalue weighted by molar-refractivity contribution is 0.1000. The monoisotopic (exact) mass is 264 g/mol. The van der Waals surface area contributed by atoms with Gasteiger partial charge in [0.1, 0.15) is 6.54 Å². The lowest BCUT2D eigenvalue weighted by Crippen LogP contribution is -2.19. The number of hydrogen-bond acceptors (Lipinski definition) is 3. The number of carbonyl (C=O) groups excluding carboxylic acids is 1. The third-order valence-corrected chi connectivity index (χ3v) is 3.52. The van der Waals surface area contributed by atoms with Gasteiger partial charge in [0.2, 0.25) is 0 Å². The molecule has 1 aliphatic rings. The van der Waals surface area contributed by atoms with E-state index in [1.54, 1.807) is 0 Å². The molecule has 0 unspecified atom stereocenters. The average Bonchev–Trinajstić information content (AvgIpc) is 2.48. The zero-order valence-corrected chi connectivity index (χ0v) is 11.6. The number of nitrogens with zero attached hydrogens (tertiary/aromatic N) is 2. The Morgan fingerprint density at radius 2 is 1.60 bits per heavy atom. The number of rotatable bonds is 2. The Bertz CT molecular complexity index is 684. The van der Waals surface area contributed by atoms with E-state index in [4.69, 9.17) is 0 Å². The molecular formula is C17H16N2O. The molecule has 100 valence electrons. The summed E-state index contributed by atoms with van der Waals surface area (Å²) in [6, 6.07) is 15.9. The molecule has 0 saturated heterocycles. The summed E-state index contributed by atoms with van der Waals surface area (Å²) in [5.74, 6) is 0.0919. The number of carbonyl (C=O) groups is 1. The van der Waals surface area contributed by atoms with E-state index in [0.29, 0.717) is 0 Å². The molecule has 3 rings (SSSR count). The van der Waals surface area contributed by atoms with Crippen LogP contribution in [-0.4, -0.2) is 32.1 Å². The molecule has 0 aromatic heterocycles. The third kappa shape index (κ3) is 2.11. The van der Waals surface area contributed by atoms with Crippen molar-refractivity contribution in [3.8, 4) is 0 Å². The molecule has 2 aromatic rings. The lowest BCUT2D eigenvalue weighted by atomic mass is 9.93. The molecule has 2 aromatic carbocycles. The van der Waals surface area contributed by atoms with E-state index in [-0.39, 0.29) is 12.3 Å². The summed E-state index contributed by atoms with van der Waals surface area (Å²) in [5.41, 5.74) is 4.81. The van der Waals surface area contributed by atoms with Crippen molar-refractivity contribution in [2.45, 2.75) is 0 Å². The lowest BCUT2D eigenvalue weighted by Gasteiger charge is -2.17. The largest absolute Gasteiger partial charge is 0.378 e. The van der Waals surface area contributed by atoms with E-state index in [2.05, 4.69) is 34.2 Å². The molecule has 0 fully saturated rings. The summed E-state index contributed by atoms with van der Waals surface area (Å²) in [6.07, 6.45) is 0. The van der Waals surface area contributed by atoms with Gasteiger partial charge in [-0.25, -0.2) is 0 Å². The van der Waals surface area contributed by atoms with Crippen molar-refractivity contribution in [3.63, 3.8) is 0 Å². The van der Waals surface area contributed by atoms with Crippen LogP contribution in [0.2, 0.25) is 0 Å². The molecule has 0 atom stereocenters. The van der Waals surface area contributed by atoms with Crippen LogP contribution in [-0.2, 0) is 0 Å². The van der Waals surface area contributed by atoms with Gasteiger partial charge in [0.25, 0.3) is 0 Å². The van der Waals surface area contributed by atoms with Gasteiger partial charge in [0.05, 0.1) is 5.71 Å². The van der Waals surface area contributed by atoms with Crippen LogP contribution in [0.3, 0.4) is 0 Å². The second-order valence-electron chi connectivity index (χ2n) is 5.07. The second kappa shape index (κ2) is 4.93. The van der Waals surface area contributed by atoms with Crippen molar-refractivity contribution in [2.75, 3.05) is 25.5 Å². The fourth-order valence-corrected chi connectivity index (χ4v) is 2.42. The number of anilines is 1. The quantitative estimate of drug-likeness (QED) is 0.835. The van der Waals surface area contributed by atoms with Crippen LogP contribution in [0.25, 0.3) is 0 Å². The fourth-order valence-electron chi connectivity index (χ4n) is 2.42. The summed E-state index contributed by atoms with van der Waals surface area (Å²) in [5, 5.41) is 0. The van der Waals surface area contributed by atoms with Crippen molar-refractivity contribution in [3.05, 3.63) is 65.2 Å². The van der Waals surface area contributed by atoms with Gasteiger partial charge in [-0.1, -0.05) is 36.4 Å². The highest BCUT2D eigenvalue weighted by Crippen LogP contribution is 2.22. The van der Waals surface area contributed by atoms with Gasteiger partial charge in [0.15, 0.2) is 5.78 Å². The number of ketones is 1. The van der Waals surface area contributed by atoms with E-state index in [1.807, 2.05) is 38.4 Å². The third-order valence-electron chi connectivity index (χ3n) is 3.52. The van der Waals surface area contributed by atoms with E-state index in [0.717, 1.165) is 28.1 Å². The van der Waals surface area contributed by atoms with E-state index < -0.39 is 0 Å². The molecular weight excluding hydrogens is 248 g/mol. The molecule has 0 bridgehead atoms. The molecule has 0 N–H and O–H groups in total. The average molecular weight is 264 g/mol. The van der Waals surface area contributed by atoms with Crippen LogP contribution in [0.4, 0.5) is 5.69 Å². The van der Waals surface area contributed by atoms with Gasteiger partial charge in [0, 0.05) is 36.5 Å². The summed E-state index contributed by atoms with van der Waals surface area (Å²) in [4.78, 5) is 18.4. The molecule has 0 saturated carbocycles. The molecule has 0 amide bonds. The Balaban J connectivity index is 2.05. The minimum atomic E-state index is 0.0919. The summed E-state index contributed by atoms with van der Waals surface area (Å²) in [7, 11) is 4.03. The maximum atomic E-state index is 11.9. The van der Waals surface area contributed by atoms with Crippen LogP contribution < -0.4 is 4.90 Å². The molecule has 20 heavy (non-hydrogen) atoms. The SMILES string of the molecule is CN(C)c1ccc(C2=NCC(=O)c3ccccc32)cc1. The Morgan fingerprint density at radius 1 is 0.950 bits per heavy atom. The van der Waals surface area contributed by atoms with Gasteiger partial charge >= 0.3 is 0 Å². The van der Waals surface area contributed by atoms with E-state index in [9.17, 15) is 4.79 Å². The predicted octanol–water partition coefficient (Wildman–Crippen LogP) is 2.79. The number of aliphatic imine (C=N–C) groups is 1. The van der Waals surface area contributed by atoms with Crippen molar-refractivity contribution in [1.82, 2.24) is 0 Å².